The highest BCUT2D eigenvalue weighted by molar-refractivity contribution is 5.40. The second-order valence-corrected chi connectivity index (χ2v) is 3.05. The molecule has 0 aliphatic rings. The Morgan fingerprint density at radius 3 is 2.15 bits per heavy atom. The third-order valence-electron chi connectivity index (χ3n) is 2.13. The lowest BCUT2D eigenvalue weighted by molar-refractivity contribution is 0.123. The summed E-state index contributed by atoms with van der Waals surface area (Å²) in [6.45, 7) is 4.48. The van der Waals surface area contributed by atoms with Crippen molar-refractivity contribution < 1.29 is 9.57 Å². The lowest BCUT2D eigenvalue weighted by Gasteiger charge is -2.10. The van der Waals surface area contributed by atoms with E-state index in [4.69, 9.17) is 10.6 Å². The van der Waals surface area contributed by atoms with Crippen molar-refractivity contribution in [3.05, 3.63) is 28.8 Å². The zero-order chi connectivity index (χ0) is 9.84. The van der Waals surface area contributed by atoms with Gasteiger partial charge in [-0.2, -0.15) is 0 Å². The summed E-state index contributed by atoms with van der Waals surface area (Å²) in [4.78, 5) is 4.62. The first kappa shape index (κ1) is 10.0. The SMILES string of the molecule is COc1cc(C)c(CON)c(C)c1. The summed E-state index contributed by atoms with van der Waals surface area (Å²) >= 11 is 0. The van der Waals surface area contributed by atoms with Crippen molar-refractivity contribution in [2.45, 2.75) is 20.5 Å². The van der Waals surface area contributed by atoms with Crippen LogP contribution in [-0.4, -0.2) is 7.11 Å². The van der Waals surface area contributed by atoms with Crippen LogP contribution in [0.3, 0.4) is 0 Å². The van der Waals surface area contributed by atoms with Crippen LogP contribution in [0.2, 0.25) is 0 Å². The molecule has 0 aliphatic carbocycles. The van der Waals surface area contributed by atoms with E-state index in [0.29, 0.717) is 6.61 Å². The number of nitrogens with two attached hydrogens (primary N) is 1. The first-order valence-electron chi connectivity index (χ1n) is 4.15. The third kappa shape index (κ3) is 2.20. The van der Waals surface area contributed by atoms with Crippen molar-refractivity contribution >= 4 is 0 Å². The Hall–Kier alpha value is -1.06. The van der Waals surface area contributed by atoms with Gasteiger partial charge in [-0.3, -0.25) is 4.84 Å². The molecule has 1 aromatic rings. The Bertz CT molecular complexity index is 274. The highest BCUT2D eigenvalue weighted by Gasteiger charge is 2.04. The molecule has 1 rings (SSSR count). The number of ether oxygens (including phenoxy) is 1. The molecule has 2 N–H and O–H groups in total. The molecule has 1 aromatic carbocycles. The fourth-order valence-corrected chi connectivity index (χ4v) is 1.38. The van der Waals surface area contributed by atoms with Gasteiger partial charge in [-0.15, -0.1) is 0 Å². The van der Waals surface area contributed by atoms with E-state index in [1.165, 1.54) is 0 Å². The van der Waals surface area contributed by atoms with Gasteiger partial charge in [0, 0.05) is 0 Å². The van der Waals surface area contributed by atoms with Crippen molar-refractivity contribution in [3.63, 3.8) is 0 Å². The minimum Gasteiger partial charge on any atom is -0.497 e. The molecular formula is C10H15NO2. The summed E-state index contributed by atoms with van der Waals surface area (Å²) in [6, 6.07) is 3.95. The van der Waals surface area contributed by atoms with Crippen LogP contribution in [0.1, 0.15) is 16.7 Å². The van der Waals surface area contributed by atoms with Crippen LogP contribution >= 0.6 is 0 Å². The highest BCUT2D eigenvalue weighted by atomic mass is 16.6. The molecule has 0 aromatic heterocycles. The average Bonchev–Trinajstić information content (AvgIpc) is 2.11. The van der Waals surface area contributed by atoms with Crippen LogP contribution in [0, 0.1) is 13.8 Å². The van der Waals surface area contributed by atoms with E-state index in [1.54, 1.807) is 7.11 Å². The summed E-state index contributed by atoms with van der Waals surface area (Å²) in [5.41, 5.74) is 3.41. The molecule has 0 saturated carbocycles. The first-order valence-corrected chi connectivity index (χ1v) is 4.15. The summed E-state index contributed by atoms with van der Waals surface area (Å²) < 4.78 is 5.14. The van der Waals surface area contributed by atoms with Gasteiger partial charge in [0.05, 0.1) is 13.7 Å². The zero-order valence-corrected chi connectivity index (χ0v) is 8.26. The van der Waals surface area contributed by atoms with Crippen molar-refractivity contribution in [1.29, 1.82) is 0 Å². The predicted molar refractivity (Wildman–Crippen MR) is 51.4 cm³/mol. The van der Waals surface area contributed by atoms with Crippen molar-refractivity contribution in [1.82, 2.24) is 0 Å². The maximum Gasteiger partial charge on any atom is 0.119 e. The van der Waals surface area contributed by atoms with E-state index < -0.39 is 0 Å². The lowest BCUT2D eigenvalue weighted by atomic mass is 10.0. The molecule has 0 radical (unpaired) electrons. The molecule has 0 amide bonds. The number of methoxy groups -OCH3 is 1. The molecule has 3 nitrogen and oxygen atoms in total. The predicted octanol–water partition coefficient (Wildman–Crippen LogP) is 1.70. The fourth-order valence-electron chi connectivity index (χ4n) is 1.38. The summed E-state index contributed by atoms with van der Waals surface area (Å²) in [5, 5.41) is 0. The van der Waals surface area contributed by atoms with Gasteiger partial charge in [-0.1, -0.05) is 0 Å². The Labute approximate surface area is 78.4 Å². The van der Waals surface area contributed by atoms with E-state index in [0.717, 1.165) is 22.4 Å². The molecule has 0 unspecified atom stereocenters. The summed E-state index contributed by atoms with van der Waals surface area (Å²) in [5.74, 6) is 5.91. The number of hydrogen-bond acceptors (Lipinski definition) is 3. The molecule has 72 valence electrons. The van der Waals surface area contributed by atoms with E-state index in [1.807, 2.05) is 26.0 Å². The largest absolute Gasteiger partial charge is 0.497 e. The maximum atomic E-state index is 5.14. The van der Waals surface area contributed by atoms with Gasteiger partial charge in [0.15, 0.2) is 0 Å². The quantitative estimate of drug-likeness (QED) is 0.722. The fraction of sp³-hybridized carbons (Fsp3) is 0.400. The Morgan fingerprint density at radius 2 is 1.77 bits per heavy atom. The highest BCUT2D eigenvalue weighted by Crippen LogP contribution is 2.21. The van der Waals surface area contributed by atoms with Crippen LogP contribution < -0.4 is 10.6 Å². The van der Waals surface area contributed by atoms with Gasteiger partial charge in [-0.05, 0) is 42.7 Å². The Morgan fingerprint density at radius 1 is 1.23 bits per heavy atom. The molecule has 13 heavy (non-hydrogen) atoms. The van der Waals surface area contributed by atoms with Gasteiger partial charge >= 0.3 is 0 Å². The first-order chi connectivity index (χ1) is 6.19. The second-order valence-electron chi connectivity index (χ2n) is 3.05. The Kier molecular flexibility index (Phi) is 3.28. The normalized spacial score (nSPS) is 10.2. The minimum atomic E-state index is 0.446. The van der Waals surface area contributed by atoms with Gasteiger partial charge in [0.1, 0.15) is 5.75 Å². The molecule has 3 heteroatoms. The average molecular weight is 181 g/mol. The third-order valence-corrected chi connectivity index (χ3v) is 2.13. The zero-order valence-electron chi connectivity index (χ0n) is 8.26. The number of rotatable bonds is 3. The monoisotopic (exact) mass is 181 g/mol. The molecule has 0 spiro atoms. The van der Waals surface area contributed by atoms with Gasteiger partial charge in [0.25, 0.3) is 0 Å². The van der Waals surface area contributed by atoms with Crippen LogP contribution in [0.5, 0.6) is 5.75 Å². The number of benzene rings is 1. The molecule has 0 aliphatic heterocycles. The minimum absolute atomic E-state index is 0.446. The van der Waals surface area contributed by atoms with Crippen LogP contribution in [0.4, 0.5) is 0 Å². The summed E-state index contributed by atoms with van der Waals surface area (Å²) in [7, 11) is 1.66. The standard InChI is InChI=1S/C10H15NO2/c1-7-4-9(12-3)5-8(2)10(7)6-13-11/h4-5H,6,11H2,1-3H3. The van der Waals surface area contributed by atoms with Crippen LogP contribution in [0.15, 0.2) is 12.1 Å². The second kappa shape index (κ2) is 4.25. The molecule has 0 bridgehead atoms. The van der Waals surface area contributed by atoms with Gasteiger partial charge in [-0.25, -0.2) is 5.90 Å². The van der Waals surface area contributed by atoms with Crippen LogP contribution in [0.25, 0.3) is 0 Å². The van der Waals surface area contributed by atoms with Gasteiger partial charge in [0.2, 0.25) is 0 Å². The van der Waals surface area contributed by atoms with Crippen LogP contribution in [-0.2, 0) is 11.4 Å². The number of aryl methyl sites for hydroxylation is 2. The van der Waals surface area contributed by atoms with Crippen molar-refractivity contribution in [3.8, 4) is 5.75 Å². The molecule has 0 fully saturated rings. The van der Waals surface area contributed by atoms with E-state index >= 15 is 0 Å². The van der Waals surface area contributed by atoms with Crippen molar-refractivity contribution in [2.75, 3.05) is 7.11 Å². The Balaban J connectivity index is 3.07. The lowest BCUT2D eigenvalue weighted by Crippen LogP contribution is -2.03. The summed E-state index contributed by atoms with van der Waals surface area (Å²) in [6.07, 6.45) is 0. The maximum absolute atomic E-state index is 5.14. The molecule has 0 atom stereocenters. The number of hydrogen-bond donors (Lipinski definition) is 1. The smallest absolute Gasteiger partial charge is 0.119 e. The topological polar surface area (TPSA) is 44.5 Å². The van der Waals surface area contributed by atoms with Gasteiger partial charge < -0.3 is 4.74 Å². The van der Waals surface area contributed by atoms with E-state index in [2.05, 4.69) is 4.84 Å². The molecule has 0 saturated heterocycles. The van der Waals surface area contributed by atoms with E-state index in [-0.39, 0.29) is 0 Å². The van der Waals surface area contributed by atoms with Crippen molar-refractivity contribution in [2.24, 2.45) is 5.90 Å². The van der Waals surface area contributed by atoms with E-state index in [9.17, 15) is 0 Å². The molecule has 0 heterocycles. The molecular weight excluding hydrogens is 166 g/mol.